The van der Waals surface area contributed by atoms with E-state index in [0.29, 0.717) is 38.6 Å². The Morgan fingerprint density at radius 3 is 2.70 bits per heavy atom. The van der Waals surface area contributed by atoms with Crippen molar-refractivity contribution < 1.29 is 14.3 Å². The molecular formula is C21H33N3O3. The summed E-state index contributed by atoms with van der Waals surface area (Å²) in [6.45, 7) is 6.21. The summed E-state index contributed by atoms with van der Waals surface area (Å²) in [4.78, 5) is 26.9. The fourth-order valence-electron chi connectivity index (χ4n) is 3.45. The van der Waals surface area contributed by atoms with Crippen LogP contribution in [0.15, 0.2) is 30.3 Å². The van der Waals surface area contributed by atoms with Crippen LogP contribution in [0.2, 0.25) is 0 Å². The second kappa shape index (κ2) is 10.9. The van der Waals surface area contributed by atoms with E-state index in [4.69, 9.17) is 10.5 Å². The molecule has 0 radical (unpaired) electrons. The molecule has 27 heavy (non-hydrogen) atoms. The Balaban J connectivity index is 1.78. The van der Waals surface area contributed by atoms with Crippen LogP contribution in [0.1, 0.15) is 39.5 Å². The molecule has 6 heteroatoms. The van der Waals surface area contributed by atoms with Crippen molar-refractivity contribution in [3.05, 3.63) is 30.3 Å². The van der Waals surface area contributed by atoms with Gasteiger partial charge in [-0.3, -0.25) is 9.59 Å². The molecule has 2 rings (SSSR count). The zero-order valence-electron chi connectivity index (χ0n) is 16.5. The maximum absolute atomic E-state index is 12.6. The van der Waals surface area contributed by atoms with Crippen molar-refractivity contribution in [1.29, 1.82) is 0 Å². The number of likely N-dealkylation sites (tertiary alicyclic amines) is 1. The van der Waals surface area contributed by atoms with Crippen LogP contribution in [-0.4, -0.2) is 49.0 Å². The quantitative estimate of drug-likeness (QED) is 0.693. The molecule has 1 aliphatic heterocycles. The molecule has 0 aromatic heterocycles. The molecule has 0 aliphatic carbocycles. The van der Waals surface area contributed by atoms with E-state index in [1.165, 1.54) is 0 Å². The van der Waals surface area contributed by atoms with Crippen LogP contribution in [0.4, 0.5) is 0 Å². The lowest BCUT2D eigenvalue weighted by Gasteiger charge is -2.33. The lowest BCUT2D eigenvalue weighted by Crippen LogP contribution is -2.49. The second-order valence-electron chi connectivity index (χ2n) is 7.66. The van der Waals surface area contributed by atoms with E-state index in [1.807, 2.05) is 30.3 Å². The lowest BCUT2D eigenvalue weighted by molar-refractivity contribution is -0.136. The molecule has 150 valence electrons. The number of rotatable bonds is 9. The van der Waals surface area contributed by atoms with Crippen LogP contribution >= 0.6 is 0 Å². The van der Waals surface area contributed by atoms with E-state index in [0.717, 1.165) is 25.0 Å². The third kappa shape index (κ3) is 7.21. The molecule has 6 nitrogen and oxygen atoms in total. The van der Waals surface area contributed by atoms with Crippen molar-refractivity contribution in [2.45, 2.75) is 45.6 Å². The van der Waals surface area contributed by atoms with Gasteiger partial charge in [-0.1, -0.05) is 32.0 Å². The molecule has 1 aromatic rings. The van der Waals surface area contributed by atoms with Gasteiger partial charge in [0.25, 0.3) is 0 Å². The number of ether oxygens (including phenoxy) is 1. The van der Waals surface area contributed by atoms with Crippen molar-refractivity contribution in [1.82, 2.24) is 10.2 Å². The molecule has 3 N–H and O–H groups in total. The van der Waals surface area contributed by atoms with Crippen LogP contribution in [0.3, 0.4) is 0 Å². The third-order valence-electron chi connectivity index (χ3n) is 4.86. The van der Waals surface area contributed by atoms with Gasteiger partial charge in [0.15, 0.2) is 0 Å². The normalized spacial score (nSPS) is 18.2. The van der Waals surface area contributed by atoms with Gasteiger partial charge in [-0.25, -0.2) is 0 Å². The molecular weight excluding hydrogens is 342 g/mol. The van der Waals surface area contributed by atoms with E-state index >= 15 is 0 Å². The molecule has 2 atom stereocenters. The summed E-state index contributed by atoms with van der Waals surface area (Å²) in [5.41, 5.74) is 5.78. The summed E-state index contributed by atoms with van der Waals surface area (Å²) in [6, 6.07) is 9.47. The molecule has 1 saturated heterocycles. The SMILES string of the molecule is CC(C)CC(CN)NC(=O)C1CCCN(C(=O)CCOc2ccccc2)C1. The molecule has 2 unspecified atom stereocenters. The van der Waals surface area contributed by atoms with E-state index in [1.54, 1.807) is 4.90 Å². The van der Waals surface area contributed by atoms with E-state index in [9.17, 15) is 9.59 Å². The molecule has 0 bridgehead atoms. The Morgan fingerprint density at radius 2 is 2.04 bits per heavy atom. The summed E-state index contributed by atoms with van der Waals surface area (Å²) < 4.78 is 5.61. The van der Waals surface area contributed by atoms with Crippen LogP contribution in [-0.2, 0) is 9.59 Å². The summed E-state index contributed by atoms with van der Waals surface area (Å²) in [6.07, 6.45) is 2.85. The first-order valence-electron chi connectivity index (χ1n) is 9.95. The Morgan fingerprint density at radius 1 is 1.30 bits per heavy atom. The Bertz CT molecular complexity index is 592. The molecule has 1 aliphatic rings. The number of hydrogen-bond donors (Lipinski definition) is 2. The first kappa shape index (κ1) is 21.2. The number of piperidine rings is 1. The number of carbonyl (C=O) groups excluding carboxylic acids is 2. The standard InChI is InChI=1S/C21H33N3O3/c1-16(2)13-18(14-22)23-21(26)17-7-6-11-24(15-17)20(25)10-12-27-19-8-4-3-5-9-19/h3-5,8-9,16-18H,6-7,10-15,22H2,1-2H3,(H,23,26). The van der Waals surface area contributed by atoms with Crippen molar-refractivity contribution in [2.75, 3.05) is 26.2 Å². The number of amides is 2. The highest BCUT2D eigenvalue weighted by Gasteiger charge is 2.29. The number of para-hydroxylation sites is 1. The van der Waals surface area contributed by atoms with Gasteiger partial charge in [0.2, 0.25) is 11.8 Å². The number of carbonyl (C=O) groups is 2. The van der Waals surface area contributed by atoms with Crippen molar-refractivity contribution in [2.24, 2.45) is 17.6 Å². The lowest BCUT2D eigenvalue weighted by atomic mass is 9.95. The zero-order chi connectivity index (χ0) is 19.6. The number of hydrogen-bond acceptors (Lipinski definition) is 4. The fourth-order valence-corrected chi connectivity index (χ4v) is 3.45. The number of nitrogens with two attached hydrogens (primary N) is 1. The monoisotopic (exact) mass is 375 g/mol. The average Bonchev–Trinajstić information content (AvgIpc) is 2.67. The summed E-state index contributed by atoms with van der Waals surface area (Å²) in [5.74, 6) is 1.15. The molecule has 0 spiro atoms. The summed E-state index contributed by atoms with van der Waals surface area (Å²) >= 11 is 0. The van der Waals surface area contributed by atoms with Gasteiger partial charge < -0.3 is 20.7 Å². The summed E-state index contributed by atoms with van der Waals surface area (Å²) in [7, 11) is 0. The van der Waals surface area contributed by atoms with Crippen LogP contribution < -0.4 is 15.8 Å². The fraction of sp³-hybridized carbons (Fsp3) is 0.619. The second-order valence-corrected chi connectivity index (χ2v) is 7.66. The van der Waals surface area contributed by atoms with Crippen LogP contribution in [0.5, 0.6) is 5.75 Å². The summed E-state index contributed by atoms with van der Waals surface area (Å²) in [5, 5.41) is 3.07. The van der Waals surface area contributed by atoms with Gasteiger partial charge in [0.1, 0.15) is 5.75 Å². The minimum absolute atomic E-state index is 0.00264. The van der Waals surface area contributed by atoms with E-state index < -0.39 is 0 Å². The van der Waals surface area contributed by atoms with Crippen molar-refractivity contribution in [3.8, 4) is 5.75 Å². The highest BCUT2D eigenvalue weighted by molar-refractivity contribution is 5.81. The smallest absolute Gasteiger partial charge is 0.226 e. The topological polar surface area (TPSA) is 84.7 Å². The Labute approximate surface area is 162 Å². The van der Waals surface area contributed by atoms with Gasteiger partial charge in [-0.2, -0.15) is 0 Å². The van der Waals surface area contributed by atoms with Crippen LogP contribution in [0.25, 0.3) is 0 Å². The van der Waals surface area contributed by atoms with Crippen molar-refractivity contribution >= 4 is 11.8 Å². The first-order chi connectivity index (χ1) is 13.0. The molecule has 2 amide bonds. The molecule has 0 saturated carbocycles. The third-order valence-corrected chi connectivity index (χ3v) is 4.86. The number of nitrogens with one attached hydrogen (secondary N) is 1. The maximum Gasteiger partial charge on any atom is 0.226 e. The average molecular weight is 376 g/mol. The minimum Gasteiger partial charge on any atom is -0.493 e. The minimum atomic E-state index is -0.154. The largest absolute Gasteiger partial charge is 0.493 e. The van der Waals surface area contributed by atoms with E-state index in [-0.39, 0.29) is 23.8 Å². The maximum atomic E-state index is 12.6. The van der Waals surface area contributed by atoms with Gasteiger partial charge in [0.05, 0.1) is 18.9 Å². The van der Waals surface area contributed by atoms with Gasteiger partial charge >= 0.3 is 0 Å². The Kier molecular flexibility index (Phi) is 8.58. The van der Waals surface area contributed by atoms with Gasteiger partial charge in [-0.15, -0.1) is 0 Å². The van der Waals surface area contributed by atoms with E-state index in [2.05, 4.69) is 19.2 Å². The van der Waals surface area contributed by atoms with Crippen molar-refractivity contribution in [3.63, 3.8) is 0 Å². The number of benzene rings is 1. The Hall–Kier alpha value is -2.08. The first-order valence-corrected chi connectivity index (χ1v) is 9.95. The molecule has 1 fully saturated rings. The van der Waals surface area contributed by atoms with Gasteiger partial charge in [0, 0.05) is 25.7 Å². The van der Waals surface area contributed by atoms with Crippen LogP contribution in [0, 0.1) is 11.8 Å². The highest BCUT2D eigenvalue weighted by Crippen LogP contribution is 2.18. The predicted molar refractivity (Wildman–Crippen MR) is 106 cm³/mol. The number of nitrogens with zero attached hydrogens (tertiary/aromatic N) is 1. The predicted octanol–water partition coefficient (Wildman–Crippen LogP) is 2.18. The highest BCUT2D eigenvalue weighted by atomic mass is 16.5. The zero-order valence-corrected chi connectivity index (χ0v) is 16.5. The molecule has 1 aromatic carbocycles. The van der Waals surface area contributed by atoms with Gasteiger partial charge in [-0.05, 0) is 37.3 Å². The molecule has 1 heterocycles.